The second-order valence-corrected chi connectivity index (χ2v) is 8.87. The number of aromatic nitrogens is 5. The van der Waals surface area contributed by atoms with Gasteiger partial charge in [-0.1, -0.05) is 63.2 Å². The topological polar surface area (TPSA) is 88.0 Å². The van der Waals surface area contributed by atoms with E-state index in [9.17, 15) is 4.79 Å². The van der Waals surface area contributed by atoms with E-state index in [-0.39, 0.29) is 11.0 Å². The van der Waals surface area contributed by atoms with Crippen LogP contribution in [0.25, 0.3) is 28.1 Å². The third kappa shape index (κ3) is 3.85. The molecule has 32 heavy (non-hydrogen) atoms. The highest BCUT2D eigenvalue weighted by Crippen LogP contribution is 2.25. The van der Waals surface area contributed by atoms with E-state index in [4.69, 9.17) is 0 Å². The molecule has 0 bridgehead atoms. The molecular weight excluding hydrogens is 400 g/mol. The molecule has 0 fully saturated rings. The normalized spacial score (nSPS) is 11.8. The average molecular weight is 425 g/mol. The van der Waals surface area contributed by atoms with Crippen LogP contribution in [0.5, 0.6) is 0 Å². The second kappa shape index (κ2) is 7.60. The molecule has 5 rings (SSSR count). The van der Waals surface area contributed by atoms with E-state index in [1.165, 1.54) is 16.1 Å². The summed E-state index contributed by atoms with van der Waals surface area (Å²) < 4.78 is 1.30. The SMILES string of the molecule is CC(C)(C)c1ccc(-c2nc3[nH]c(CNc4ccc5ccccc5n4)cc(=O)n3n2)cc1. The Morgan fingerprint density at radius 3 is 2.53 bits per heavy atom. The fourth-order valence-corrected chi connectivity index (χ4v) is 3.62. The minimum absolute atomic E-state index is 0.0721. The molecule has 0 spiro atoms. The van der Waals surface area contributed by atoms with Crippen LogP contribution in [-0.4, -0.2) is 24.6 Å². The number of hydrogen-bond acceptors (Lipinski definition) is 5. The number of anilines is 1. The van der Waals surface area contributed by atoms with Gasteiger partial charge in [0, 0.05) is 22.7 Å². The van der Waals surface area contributed by atoms with Crippen molar-refractivity contribution in [2.45, 2.75) is 32.7 Å². The van der Waals surface area contributed by atoms with Crippen molar-refractivity contribution in [3.8, 4) is 11.4 Å². The lowest BCUT2D eigenvalue weighted by molar-refractivity contribution is 0.590. The summed E-state index contributed by atoms with van der Waals surface area (Å²) in [4.78, 5) is 25.0. The van der Waals surface area contributed by atoms with Crippen LogP contribution in [0.2, 0.25) is 0 Å². The van der Waals surface area contributed by atoms with Crippen molar-refractivity contribution in [2.24, 2.45) is 0 Å². The Morgan fingerprint density at radius 1 is 0.969 bits per heavy atom. The summed E-state index contributed by atoms with van der Waals surface area (Å²) in [6.45, 7) is 6.94. The van der Waals surface area contributed by atoms with Gasteiger partial charge in [-0.25, -0.2) is 4.98 Å². The molecule has 0 saturated carbocycles. The van der Waals surface area contributed by atoms with Gasteiger partial charge in [-0.15, -0.1) is 5.10 Å². The van der Waals surface area contributed by atoms with E-state index in [2.05, 4.69) is 58.3 Å². The molecule has 7 heteroatoms. The third-order valence-corrected chi connectivity index (χ3v) is 5.45. The Morgan fingerprint density at radius 2 is 1.75 bits per heavy atom. The molecular formula is C25H24N6O. The number of fused-ring (bicyclic) bond motifs is 2. The van der Waals surface area contributed by atoms with Gasteiger partial charge in [0.1, 0.15) is 5.82 Å². The minimum Gasteiger partial charge on any atom is -0.364 e. The lowest BCUT2D eigenvalue weighted by atomic mass is 9.87. The first-order valence-electron chi connectivity index (χ1n) is 10.6. The zero-order chi connectivity index (χ0) is 22.3. The van der Waals surface area contributed by atoms with E-state index in [1.807, 2.05) is 48.5 Å². The number of nitrogens with one attached hydrogen (secondary N) is 2. The van der Waals surface area contributed by atoms with Gasteiger partial charge in [-0.05, 0) is 29.2 Å². The maximum absolute atomic E-state index is 12.6. The molecule has 3 heterocycles. The molecule has 7 nitrogen and oxygen atoms in total. The van der Waals surface area contributed by atoms with Crippen molar-refractivity contribution in [3.05, 3.63) is 88.3 Å². The molecule has 0 aliphatic heterocycles. The van der Waals surface area contributed by atoms with Gasteiger partial charge in [0.2, 0.25) is 5.78 Å². The monoisotopic (exact) mass is 424 g/mol. The highest BCUT2D eigenvalue weighted by Gasteiger charge is 2.15. The molecule has 0 aliphatic carbocycles. The van der Waals surface area contributed by atoms with Crippen molar-refractivity contribution in [2.75, 3.05) is 5.32 Å². The largest absolute Gasteiger partial charge is 0.364 e. The van der Waals surface area contributed by atoms with Crippen LogP contribution in [0.15, 0.2) is 71.5 Å². The van der Waals surface area contributed by atoms with Crippen LogP contribution in [0.1, 0.15) is 32.0 Å². The lowest BCUT2D eigenvalue weighted by Crippen LogP contribution is -2.17. The van der Waals surface area contributed by atoms with Gasteiger partial charge in [0.05, 0.1) is 12.1 Å². The fraction of sp³-hybridized carbons (Fsp3) is 0.200. The van der Waals surface area contributed by atoms with Crippen LogP contribution in [-0.2, 0) is 12.0 Å². The first kappa shape index (κ1) is 19.9. The Bertz CT molecular complexity index is 1470. The number of para-hydroxylation sites is 1. The highest BCUT2D eigenvalue weighted by atomic mass is 16.1. The van der Waals surface area contributed by atoms with Gasteiger partial charge in [0.25, 0.3) is 5.56 Å². The standard InChI is InChI=1S/C25H24N6O/c1-25(2,3)18-11-8-17(9-12-18)23-29-24-27-19(14-22(32)31(24)30-23)15-26-21-13-10-16-6-4-5-7-20(16)28-21/h4-14H,15H2,1-3H3,(H,26,28)(H,27,29,30). The Labute approximate surface area is 185 Å². The fourth-order valence-electron chi connectivity index (χ4n) is 3.62. The maximum Gasteiger partial charge on any atom is 0.275 e. The minimum atomic E-state index is -0.230. The number of nitrogens with zero attached hydrogens (tertiary/aromatic N) is 4. The first-order valence-corrected chi connectivity index (χ1v) is 10.6. The van der Waals surface area contributed by atoms with E-state index < -0.39 is 0 Å². The van der Waals surface area contributed by atoms with E-state index in [0.717, 1.165) is 22.3 Å². The van der Waals surface area contributed by atoms with E-state index in [1.54, 1.807) is 0 Å². The number of H-pyrrole nitrogens is 1. The molecule has 2 aromatic carbocycles. The van der Waals surface area contributed by atoms with Crippen molar-refractivity contribution in [1.29, 1.82) is 0 Å². The summed E-state index contributed by atoms with van der Waals surface area (Å²) in [5, 5.41) is 8.74. The van der Waals surface area contributed by atoms with Crippen LogP contribution < -0.4 is 10.9 Å². The maximum atomic E-state index is 12.6. The molecule has 0 amide bonds. The van der Waals surface area contributed by atoms with Crippen LogP contribution in [0.3, 0.4) is 0 Å². The summed E-state index contributed by atoms with van der Waals surface area (Å²) in [5.41, 5.74) is 3.57. The van der Waals surface area contributed by atoms with Gasteiger partial charge in [-0.3, -0.25) is 4.79 Å². The molecule has 0 atom stereocenters. The smallest absolute Gasteiger partial charge is 0.275 e. The molecule has 0 aliphatic rings. The number of pyridine rings is 1. The molecule has 0 radical (unpaired) electrons. The van der Waals surface area contributed by atoms with Gasteiger partial charge >= 0.3 is 0 Å². The van der Waals surface area contributed by atoms with Gasteiger partial charge in [-0.2, -0.15) is 9.50 Å². The molecule has 0 unspecified atom stereocenters. The highest BCUT2D eigenvalue weighted by molar-refractivity contribution is 5.80. The summed E-state index contributed by atoms with van der Waals surface area (Å²) in [7, 11) is 0. The summed E-state index contributed by atoms with van der Waals surface area (Å²) in [6, 6.07) is 21.6. The van der Waals surface area contributed by atoms with Gasteiger partial charge < -0.3 is 10.3 Å². The van der Waals surface area contributed by atoms with Gasteiger partial charge in [0.15, 0.2) is 5.82 Å². The Balaban J connectivity index is 1.40. The predicted octanol–water partition coefficient (Wildman–Crippen LogP) is 4.54. The zero-order valence-electron chi connectivity index (χ0n) is 18.3. The molecule has 0 saturated heterocycles. The van der Waals surface area contributed by atoms with Crippen molar-refractivity contribution in [3.63, 3.8) is 0 Å². The second-order valence-electron chi connectivity index (χ2n) is 8.87. The molecule has 5 aromatic rings. The lowest BCUT2D eigenvalue weighted by Gasteiger charge is -2.18. The van der Waals surface area contributed by atoms with Crippen LogP contribution >= 0.6 is 0 Å². The number of hydrogen-bond donors (Lipinski definition) is 2. The number of aromatic amines is 1. The van der Waals surface area contributed by atoms with E-state index in [0.29, 0.717) is 23.8 Å². The molecule has 160 valence electrons. The Hall–Kier alpha value is -4.00. The third-order valence-electron chi connectivity index (χ3n) is 5.45. The first-order chi connectivity index (χ1) is 15.4. The van der Waals surface area contributed by atoms with E-state index >= 15 is 0 Å². The quantitative estimate of drug-likeness (QED) is 0.442. The average Bonchev–Trinajstić information content (AvgIpc) is 3.22. The summed E-state index contributed by atoms with van der Waals surface area (Å²) >= 11 is 0. The summed E-state index contributed by atoms with van der Waals surface area (Å²) in [5.74, 6) is 1.67. The predicted molar refractivity (Wildman–Crippen MR) is 127 cm³/mol. The molecule has 2 N–H and O–H groups in total. The number of rotatable bonds is 4. The van der Waals surface area contributed by atoms with Crippen molar-refractivity contribution < 1.29 is 0 Å². The zero-order valence-corrected chi connectivity index (χ0v) is 18.3. The van der Waals surface area contributed by atoms with Crippen LogP contribution in [0, 0.1) is 0 Å². The van der Waals surface area contributed by atoms with Crippen molar-refractivity contribution >= 4 is 22.5 Å². The molecule has 3 aromatic heterocycles. The Kier molecular flexibility index (Phi) is 4.74. The number of benzene rings is 2. The van der Waals surface area contributed by atoms with Crippen LogP contribution in [0.4, 0.5) is 5.82 Å². The van der Waals surface area contributed by atoms with Crippen molar-refractivity contribution in [1.82, 2.24) is 24.6 Å². The summed E-state index contributed by atoms with van der Waals surface area (Å²) in [6.07, 6.45) is 0.